The molecule has 0 amide bonds. The van der Waals surface area contributed by atoms with Gasteiger partial charge in [-0.25, -0.2) is 4.39 Å². The molecule has 0 unspecified atom stereocenters. The minimum atomic E-state index is -0.700. The molecule has 0 spiro atoms. The van der Waals surface area contributed by atoms with Gasteiger partial charge in [-0.05, 0) is 54.4 Å². The molecule has 0 aliphatic carbocycles. The molecule has 3 aromatic carbocycles. The van der Waals surface area contributed by atoms with Gasteiger partial charge in [-0.15, -0.1) is 0 Å². The standard InChI is InChI=1S/C27H27FN2O4/c28-20-8-11-25-26(15-20)29-13-12-27(25)34-24-9-6-19(7-10-24)14-21(17-31)30-16-22(32)18-33-23-4-2-1-3-5-23/h1-13,15,21-22,30-32H,14,16-18H2/t21-,22-/m0/s1. The van der Waals surface area contributed by atoms with E-state index in [2.05, 4.69) is 10.3 Å². The fourth-order valence-corrected chi connectivity index (χ4v) is 3.56. The molecule has 0 bridgehead atoms. The summed E-state index contributed by atoms with van der Waals surface area (Å²) in [5.41, 5.74) is 1.54. The highest BCUT2D eigenvalue weighted by molar-refractivity contribution is 5.85. The third kappa shape index (κ3) is 6.51. The van der Waals surface area contributed by atoms with Gasteiger partial charge in [-0.2, -0.15) is 0 Å². The molecule has 0 aliphatic rings. The van der Waals surface area contributed by atoms with E-state index in [1.54, 1.807) is 18.3 Å². The number of halogens is 1. The van der Waals surface area contributed by atoms with Crippen LogP contribution in [0, 0.1) is 5.82 Å². The fraction of sp³-hybridized carbons (Fsp3) is 0.222. The summed E-state index contributed by atoms with van der Waals surface area (Å²) < 4.78 is 25.0. The van der Waals surface area contributed by atoms with Crippen molar-refractivity contribution in [1.29, 1.82) is 0 Å². The first-order valence-electron chi connectivity index (χ1n) is 11.1. The summed E-state index contributed by atoms with van der Waals surface area (Å²) in [5, 5.41) is 23.8. The lowest BCUT2D eigenvalue weighted by molar-refractivity contribution is 0.0997. The van der Waals surface area contributed by atoms with Crippen molar-refractivity contribution in [1.82, 2.24) is 10.3 Å². The maximum atomic E-state index is 13.5. The van der Waals surface area contributed by atoms with E-state index in [-0.39, 0.29) is 25.1 Å². The van der Waals surface area contributed by atoms with Crippen LogP contribution in [-0.2, 0) is 6.42 Å². The summed E-state index contributed by atoms with van der Waals surface area (Å²) in [6.07, 6.45) is 1.47. The van der Waals surface area contributed by atoms with Gasteiger partial charge in [0.2, 0.25) is 0 Å². The van der Waals surface area contributed by atoms with Gasteiger partial charge in [0.05, 0.1) is 12.1 Å². The summed E-state index contributed by atoms with van der Waals surface area (Å²) >= 11 is 0. The van der Waals surface area contributed by atoms with Crippen LogP contribution < -0.4 is 14.8 Å². The van der Waals surface area contributed by atoms with Crippen molar-refractivity contribution < 1.29 is 24.1 Å². The second-order valence-electron chi connectivity index (χ2n) is 7.99. The number of pyridine rings is 1. The average molecular weight is 463 g/mol. The lowest BCUT2D eigenvalue weighted by Crippen LogP contribution is -2.41. The quantitative estimate of drug-likeness (QED) is 0.311. The van der Waals surface area contributed by atoms with Gasteiger partial charge in [0.25, 0.3) is 0 Å². The molecule has 0 fully saturated rings. The Morgan fingerprint density at radius 3 is 2.50 bits per heavy atom. The number of aliphatic hydroxyl groups is 2. The molecule has 3 N–H and O–H groups in total. The van der Waals surface area contributed by atoms with E-state index in [9.17, 15) is 14.6 Å². The number of rotatable bonds is 11. The van der Waals surface area contributed by atoms with Gasteiger partial charge in [-0.1, -0.05) is 30.3 Å². The number of fused-ring (bicyclic) bond motifs is 1. The molecule has 0 radical (unpaired) electrons. The maximum absolute atomic E-state index is 13.5. The third-order valence-electron chi connectivity index (χ3n) is 5.35. The zero-order valence-corrected chi connectivity index (χ0v) is 18.6. The largest absolute Gasteiger partial charge is 0.491 e. The van der Waals surface area contributed by atoms with Crippen molar-refractivity contribution in [2.75, 3.05) is 19.8 Å². The first-order valence-corrected chi connectivity index (χ1v) is 11.1. The Morgan fingerprint density at radius 1 is 0.941 bits per heavy atom. The van der Waals surface area contributed by atoms with Gasteiger partial charge in [0, 0.05) is 30.2 Å². The average Bonchev–Trinajstić information content (AvgIpc) is 2.87. The molecule has 2 atom stereocenters. The topological polar surface area (TPSA) is 83.8 Å². The fourth-order valence-electron chi connectivity index (χ4n) is 3.56. The highest BCUT2D eigenvalue weighted by Crippen LogP contribution is 2.29. The van der Waals surface area contributed by atoms with Gasteiger partial charge in [0.15, 0.2) is 0 Å². The van der Waals surface area contributed by atoms with E-state index >= 15 is 0 Å². The number of ether oxygens (including phenoxy) is 2. The maximum Gasteiger partial charge on any atom is 0.138 e. The molecule has 0 aliphatic heterocycles. The van der Waals surface area contributed by atoms with E-state index < -0.39 is 6.10 Å². The minimum Gasteiger partial charge on any atom is -0.491 e. The Morgan fingerprint density at radius 2 is 1.74 bits per heavy atom. The lowest BCUT2D eigenvalue weighted by atomic mass is 10.1. The van der Waals surface area contributed by atoms with Gasteiger partial charge >= 0.3 is 0 Å². The Labute approximate surface area is 197 Å². The predicted octanol–water partition coefficient (Wildman–Crippen LogP) is 4.10. The van der Waals surface area contributed by atoms with E-state index in [0.29, 0.717) is 35.7 Å². The highest BCUT2D eigenvalue weighted by atomic mass is 19.1. The summed E-state index contributed by atoms with van der Waals surface area (Å²) in [4.78, 5) is 4.18. The normalized spacial score (nSPS) is 12.9. The molecule has 1 aromatic heterocycles. The molecule has 0 saturated carbocycles. The van der Waals surface area contributed by atoms with Crippen LogP contribution in [0.25, 0.3) is 10.9 Å². The van der Waals surface area contributed by atoms with Crippen molar-refractivity contribution in [2.45, 2.75) is 18.6 Å². The molecule has 176 valence electrons. The molecular weight excluding hydrogens is 435 g/mol. The molecule has 1 heterocycles. The predicted molar refractivity (Wildman–Crippen MR) is 129 cm³/mol. The lowest BCUT2D eigenvalue weighted by Gasteiger charge is -2.19. The second-order valence-corrected chi connectivity index (χ2v) is 7.99. The monoisotopic (exact) mass is 462 g/mol. The Hall–Kier alpha value is -3.52. The highest BCUT2D eigenvalue weighted by Gasteiger charge is 2.12. The number of hydrogen-bond acceptors (Lipinski definition) is 6. The molecule has 4 rings (SSSR count). The number of nitrogens with one attached hydrogen (secondary N) is 1. The molecule has 34 heavy (non-hydrogen) atoms. The first kappa shape index (κ1) is 23.6. The second kappa shape index (κ2) is 11.6. The summed E-state index contributed by atoms with van der Waals surface area (Å²) in [7, 11) is 0. The van der Waals surface area contributed by atoms with Crippen molar-refractivity contribution >= 4 is 10.9 Å². The first-order chi connectivity index (χ1) is 16.6. The van der Waals surface area contributed by atoms with Crippen LogP contribution in [0.15, 0.2) is 85.1 Å². The van der Waals surface area contributed by atoms with Gasteiger partial charge in [-0.3, -0.25) is 4.98 Å². The number of hydrogen-bond donors (Lipinski definition) is 3. The van der Waals surface area contributed by atoms with Crippen LogP contribution in [0.2, 0.25) is 0 Å². The molecule has 4 aromatic rings. The smallest absolute Gasteiger partial charge is 0.138 e. The van der Waals surface area contributed by atoms with Crippen LogP contribution in [0.4, 0.5) is 4.39 Å². The number of aromatic nitrogens is 1. The Balaban J connectivity index is 1.29. The van der Waals surface area contributed by atoms with E-state index in [4.69, 9.17) is 9.47 Å². The summed E-state index contributed by atoms with van der Waals surface area (Å²) in [6, 6.07) is 22.8. The van der Waals surface area contributed by atoms with Crippen LogP contribution >= 0.6 is 0 Å². The SMILES string of the molecule is OC[C@H](Cc1ccc(Oc2ccnc3cc(F)ccc23)cc1)NC[C@H](O)COc1ccccc1. The third-order valence-corrected chi connectivity index (χ3v) is 5.35. The summed E-state index contributed by atoms with van der Waals surface area (Å²) in [6.45, 7) is 0.399. The Kier molecular flexibility index (Phi) is 8.04. The van der Waals surface area contributed by atoms with E-state index in [0.717, 1.165) is 10.9 Å². The van der Waals surface area contributed by atoms with Gasteiger partial charge < -0.3 is 25.0 Å². The zero-order chi connectivity index (χ0) is 23.8. The van der Waals surface area contributed by atoms with Crippen LogP contribution in [-0.4, -0.2) is 47.1 Å². The number of aliphatic hydroxyl groups excluding tert-OH is 2. The van der Waals surface area contributed by atoms with Crippen LogP contribution in [0.3, 0.4) is 0 Å². The van der Waals surface area contributed by atoms with E-state index in [1.807, 2.05) is 54.6 Å². The molecule has 6 nitrogen and oxygen atoms in total. The number of para-hydroxylation sites is 1. The Bertz CT molecular complexity index is 1190. The zero-order valence-electron chi connectivity index (χ0n) is 18.6. The molecule has 7 heteroatoms. The summed E-state index contributed by atoms with van der Waals surface area (Å²) in [5.74, 6) is 1.60. The van der Waals surface area contributed by atoms with Crippen molar-refractivity contribution in [3.8, 4) is 17.2 Å². The number of nitrogens with zero attached hydrogens (tertiary/aromatic N) is 1. The molecule has 0 saturated heterocycles. The van der Waals surface area contributed by atoms with Crippen LogP contribution in [0.1, 0.15) is 5.56 Å². The number of benzene rings is 3. The van der Waals surface area contributed by atoms with Crippen molar-refractivity contribution in [3.05, 3.63) is 96.4 Å². The molecular formula is C27H27FN2O4. The van der Waals surface area contributed by atoms with Crippen molar-refractivity contribution in [3.63, 3.8) is 0 Å². The van der Waals surface area contributed by atoms with Crippen LogP contribution in [0.5, 0.6) is 17.2 Å². The van der Waals surface area contributed by atoms with E-state index in [1.165, 1.54) is 12.1 Å². The van der Waals surface area contributed by atoms with Gasteiger partial charge in [0.1, 0.15) is 35.8 Å². The minimum absolute atomic E-state index is 0.0654. The van der Waals surface area contributed by atoms with Crippen molar-refractivity contribution in [2.24, 2.45) is 0 Å².